The first-order valence-corrected chi connectivity index (χ1v) is 15.7. The smallest absolute Gasteiger partial charge is 0.275 e. The van der Waals surface area contributed by atoms with Crippen LogP contribution in [0.15, 0.2) is 30.3 Å². The Labute approximate surface area is 242 Å². The number of fused-ring (bicyclic) bond motifs is 5. The first-order valence-electron chi connectivity index (χ1n) is 15.7. The van der Waals surface area contributed by atoms with Gasteiger partial charge in [0.2, 0.25) is 0 Å². The van der Waals surface area contributed by atoms with Gasteiger partial charge in [0, 0.05) is 24.7 Å². The molecule has 0 bridgehead atoms. The van der Waals surface area contributed by atoms with Gasteiger partial charge in [-0.15, -0.1) is 0 Å². The van der Waals surface area contributed by atoms with Gasteiger partial charge in [0.15, 0.2) is 5.78 Å². The monoisotopic (exact) mass is 580 g/mol. The second-order valence-electron chi connectivity index (χ2n) is 15.0. The standard InChI is InChI=1S/C34H48F4O3/c1-21(13-18-34(37,38)30(2,3)40)23-11-12-24-28-25(14-16-31(23,24)4)32(5)17-15-27(29(39)26(32)19-33(28,35)36)41-20-22-9-7-6-8-10-22/h6-10,21,23-28,40H,11-20H2,1-5H3/t21-,23-,24+,25+,26?,27+,28+,31-,32-/m1/s1. The average Bonchev–Trinajstić information content (AvgIpc) is 3.25. The van der Waals surface area contributed by atoms with E-state index in [2.05, 4.69) is 13.8 Å². The maximum Gasteiger partial charge on any atom is 0.275 e. The third-order valence-corrected chi connectivity index (χ3v) is 12.3. The fourth-order valence-corrected chi connectivity index (χ4v) is 9.79. The van der Waals surface area contributed by atoms with Crippen LogP contribution >= 0.6 is 0 Å². The van der Waals surface area contributed by atoms with Crippen molar-refractivity contribution in [1.29, 1.82) is 0 Å². The van der Waals surface area contributed by atoms with Gasteiger partial charge in [0.25, 0.3) is 11.8 Å². The van der Waals surface area contributed by atoms with E-state index in [-0.39, 0.29) is 41.3 Å². The van der Waals surface area contributed by atoms with E-state index in [1.165, 1.54) is 0 Å². The Kier molecular flexibility index (Phi) is 8.01. The van der Waals surface area contributed by atoms with Crippen molar-refractivity contribution in [3.05, 3.63) is 35.9 Å². The molecule has 1 aromatic carbocycles. The first-order chi connectivity index (χ1) is 19.0. The van der Waals surface area contributed by atoms with Crippen molar-refractivity contribution < 1.29 is 32.2 Å². The summed E-state index contributed by atoms with van der Waals surface area (Å²) >= 11 is 0. The van der Waals surface area contributed by atoms with E-state index in [9.17, 15) is 18.7 Å². The number of benzene rings is 1. The fourth-order valence-electron chi connectivity index (χ4n) is 9.79. The third-order valence-electron chi connectivity index (χ3n) is 12.3. The van der Waals surface area contributed by atoms with Crippen molar-refractivity contribution >= 4 is 5.78 Å². The second kappa shape index (κ2) is 10.6. The molecule has 0 aliphatic heterocycles. The van der Waals surface area contributed by atoms with E-state index in [1.807, 2.05) is 37.3 Å². The number of ketones is 1. The minimum atomic E-state index is -3.20. The SMILES string of the molecule is C[C@H](CCC(F)(F)C(C)(C)O)[C@H]1CC[C@H]2[C@H]3[C@H](CC[C@]12C)[C@@]1(C)CC[C@H](OCc2ccccc2)C(=O)C1CC3(F)F. The number of halogens is 4. The highest BCUT2D eigenvalue weighted by Crippen LogP contribution is 2.71. The Hall–Kier alpha value is -1.47. The van der Waals surface area contributed by atoms with Gasteiger partial charge in [-0.3, -0.25) is 4.79 Å². The van der Waals surface area contributed by atoms with Crippen molar-refractivity contribution in [3.8, 4) is 0 Å². The number of carbonyl (C=O) groups is 1. The van der Waals surface area contributed by atoms with Crippen LogP contribution in [0.1, 0.15) is 98.0 Å². The predicted molar refractivity (Wildman–Crippen MR) is 151 cm³/mol. The summed E-state index contributed by atoms with van der Waals surface area (Å²) in [6.45, 7) is 8.75. The number of alkyl halides is 4. The van der Waals surface area contributed by atoms with Crippen molar-refractivity contribution in [2.45, 2.75) is 123 Å². The van der Waals surface area contributed by atoms with Crippen molar-refractivity contribution in [2.75, 3.05) is 0 Å². The molecule has 41 heavy (non-hydrogen) atoms. The summed E-state index contributed by atoms with van der Waals surface area (Å²) in [4.78, 5) is 13.7. The lowest BCUT2D eigenvalue weighted by atomic mass is 9.43. The summed E-state index contributed by atoms with van der Waals surface area (Å²) in [6, 6.07) is 9.61. The van der Waals surface area contributed by atoms with Crippen LogP contribution in [0.2, 0.25) is 0 Å². The van der Waals surface area contributed by atoms with Crippen molar-refractivity contribution in [3.63, 3.8) is 0 Å². The Morgan fingerprint density at radius 1 is 1.00 bits per heavy atom. The molecule has 1 aromatic rings. The molecular weight excluding hydrogens is 532 g/mol. The van der Waals surface area contributed by atoms with Gasteiger partial charge in [0.1, 0.15) is 11.7 Å². The summed E-state index contributed by atoms with van der Waals surface area (Å²) in [5.41, 5.74) is -1.94. The highest BCUT2D eigenvalue weighted by Gasteiger charge is 2.69. The summed E-state index contributed by atoms with van der Waals surface area (Å²) in [5, 5.41) is 9.92. The van der Waals surface area contributed by atoms with E-state index in [0.717, 1.165) is 32.3 Å². The molecule has 0 radical (unpaired) electrons. The zero-order valence-corrected chi connectivity index (χ0v) is 25.3. The third kappa shape index (κ3) is 5.30. The Bertz CT molecular complexity index is 1100. The maximum absolute atomic E-state index is 16.3. The Morgan fingerprint density at radius 3 is 2.29 bits per heavy atom. The molecule has 0 heterocycles. The van der Waals surface area contributed by atoms with Gasteiger partial charge in [-0.05, 0) is 98.9 Å². The molecule has 4 saturated carbocycles. The van der Waals surface area contributed by atoms with Gasteiger partial charge >= 0.3 is 0 Å². The molecule has 0 aromatic heterocycles. The number of ether oxygens (including phenoxy) is 1. The van der Waals surface area contributed by atoms with Crippen LogP contribution in [0.25, 0.3) is 0 Å². The summed E-state index contributed by atoms with van der Waals surface area (Å²) < 4.78 is 67.7. The number of carbonyl (C=O) groups excluding carboxylic acids is 1. The van der Waals surface area contributed by atoms with Crippen molar-refractivity contribution in [2.24, 2.45) is 46.3 Å². The lowest BCUT2D eigenvalue weighted by Crippen LogP contribution is -2.63. The van der Waals surface area contributed by atoms with Gasteiger partial charge in [0.05, 0.1) is 6.61 Å². The molecule has 0 amide bonds. The topological polar surface area (TPSA) is 46.5 Å². The molecular formula is C34H48F4O3. The van der Waals surface area contributed by atoms with Crippen LogP contribution in [0, 0.1) is 46.3 Å². The molecule has 4 fully saturated rings. The van der Waals surface area contributed by atoms with Crippen molar-refractivity contribution in [1.82, 2.24) is 0 Å². The zero-order valence-electron chi connectivity index (χ0n) is 25.3. The molecule has 4 aliphatic carbocycles. The average molecular weight is 581 g/mol. The molecule has 0 spiro atoms. The molecule has 1 N–H and O–H groups in total. The number of rotatable bonds is 8. The number of aliphatic hydroxyl groups is 1. The van der Waals surface area contributed by atoms with Gasteiger partial charge in [-0.25, -0.2) is 17.6 Å². The Balaban J connectivity index is 1.31. The molecule has 5 rings (SSSR count). The molecule has 230 valence electrons. The van der Waals surface area contributed by atoms with Crippen LogP contribution in [0.4, 0.5) is 17.6 Å². The molecule has 3 nitrogen and oxygen atoms in total. The van der Waals surface area contributed by atoms with E-state index < -0.39 is 53.6 Å². The van der Waals surface area contributed by atoms with Crippen LogP contribution in [0.5, 0.6) is 0 Å². The molecule has 0 saturated heterocycles. The van der Waals surface area contributed by atoms with Crippen LogP contribution in [0.3, 0.4) is 0 Å². The normalized spacial score (nSPS) is 39.5. The van der Waals surface area contributed by atoms with E-state index in [4.69, 9.17) is 4.74 Å². The lowest BCUT2D eigenvalue weighted by molar-refractivity contribution is -0.235. The molecule has 4 aliphatic rings. The van der Waals surface area contributed by atoms with Crippen LogP contribution in [-0.4, -0.2) is 34.4 Å². The quantitative estimate of drug-likeness (QED) is 0.314. The van der Waals surface area contributed by atoms with Gasteiger partial charge < -0.3 is 9.84 Å². The van der Waals surface area contributed by atoms with Gasteiger partial charge in [-0.1, -0.05) is 51.1 Å². The van der Waals surface area contributed by atoms with E-state index in [1.54, 1.807) is 0 Å². The van der Waals surface area contributed by atoms with E-state index in [0.29, 0.717) is 32.3 Å². The van der Waals surface area contributed by atoms with Crippen LogP contribution in [-0.2, 0) is 16.1 Å². The summed E-state index contributed by atoms with van der Waals surface area (Å²) in [7, 11) is 0. The van der Waals surface area contributed by atoms with Crippen LogP contribution < -0.4 is 0 Å². The number of Topliss-reactive ketones (excluding diaryl/α,β-unsaturated/α-hetero) is 1. The predicted octanol–water partition coefficient (Wildman–Crippen LogP) is 8.48. The lowest BCUT2D eigenvalue weighted by Gasteiger charge is -2.62. The maximum atomic E-state index is 16.3. The molecule has 9 atom stereocenters. The minimum Gasteiger partial charge on any atom is -0.384 e. The highest BCUT2D eigenvalue weighted by atomic mass is 19.3. The summed E-state index contributed by atoms with van der Waals surface area (Å²) in [6.07, 6.45) is 2.93. The number of hydrogen-bond donors (Lipinski definition) is 1. The zero-order chi connectivity index (χ0) is 30.0. The summed E-state index contributed by atoms with van der Waals surface area (Å²) in [5.74, 6) is -8.18. The highest BCUT2D eigenvalue weighted by molar-refractivity contribution is 5.87. The Morgan fingerprint density at radius 2 is 1.63 bits per heavy atom. The fraction of sp³-hybridized carbons (Fsp3) is 0.794. The first kappa shape index (κ1) is 31.0. The molecule has 7 heteroatoms. The minimum absolute atomic E-state index is 0.0471. The number of hydrogen-bond acceptors (Lipinski definition) is 3. The largest absolute Gasteiger partial charge is 0.384 e. The second-order valence-corrected chi connectivity index (χ2v) is 15.0. The van der Waals surface area contributed by atoms with Gasteiger partial charge in [-0.2, -0.15) is 0 Å². The van der Waals surface area contributed by atoms with E-state index >= 15 is 8.78 Å². The molecule has 1 unspecified atom stereocenters.